The van der Waals surface area contributed by atoms with Crippen molar-refractivity contribution in [3.05, 3.63) is 17.6 Å². The van der Waals surface area contributed by atoms with E-state index in [-0.39, 0.29) is 10.9 Å². The number of thioether (sulfide) groups is 1. The van der Waals surface area contributed by atoms with E-state index in [1.54, 1.807) is 24.8 Å². The average Bonchev–Trinajstić information content (AvgIpc) is 2.75. The summed E-state index contributed by atoms with van der Waals surface area (Å²) in [5.41, 5.74) is 0. The summed E-state index contributed by atoms with van der Waals surface area (Å²) >= 11 is 1.71. The van der Waals surface area contributed by atoms with Gasteiger partial charge < -0.3 is 9.73 Å². The van der Waals surface area contributed by atoms with Gasteiger partial charge in [0.2, 0.25) is 10.0 Å². The van der Waals surface area contributed by atoms with E-state index in [9.17, 15) is 8.42 Å². The summed E-state index contributed by atoms with van der Waals surface area (Å²) in [4.78, 5) is 0.237. The molecule has 1 heterocycles. The molecule has 1 atom stereocenters. The summed E-state index contributed by atoms with van der Waals surface area (Å²) in [6.07, 6.45) is 2.82. The van der Waals surface area contributed by atoms with E-state index >= 15 is 0 Å². The molecule has 2 N–H and O–H groups in total. The first kappa shape index (κ1) is 17.6. The second-order valence-corrected chi connectivity index (χ2v) is 7.39. The third-order valence-electron chi connectivity index (χ3n) is 2.87. The lowest BCUT2D eigenvalue weighted by Gasteiger charge is -2.12. The first-order valence-corrected chi connectivity index (χ1v) is 9.59. The molecule has 0 amide bonds. The summed E-state index contributed by atoms with van der Waals surface area (Å²) in [5.74, 6) is 2.00. The van der Waals surface area contributed by atoms with E-state index in [4.69, 9.17) is 4.42 Å². The number of hydrogen-bond acceptors (Lipinski definition) is 5. The van der Waals surface area contributed by atoms with Gasteiger partial charge in [-0.1, -0.05) is 6.92 Å². The second kappa shape index (κ2) is 8.07. The van der Waals surface area contributed by atoms with Crippen LogP contribution in [0.5, 0.6) is 0 Å². The zero-order valence-corrected chi connectivity index (χ0v) is 14.2. The van der Waals surface area contributed by atoms with Crippen LogP contribution in [0.15, 0.2) is 15.4 Å². The molecule has 116 valence electrons. The topological polar surface area (TPSA) is 71.3 Å². The Morgan fingerprint density at radius 2 is 2.15 bits per heavy atom. The highest BCUT2D eigenvalue weighted by atomic mass is 32.2. The Morgan fingerprint density at radius 3 is 2.75 bits per heavy atom. The van der Waals surface area contributed by atoms with Gasteiger partial charge in [-0.3, -0.25) is 0 Å². The fourth-order valence-corrected chi connectivity index (χ4v) is 3.88. The Balaban J connectivity index is 2.78. The van der Waals surface area contributed by atoms with E-state index in [1.807, 2.05) is 20.1 Å². The van der Waals surface area contributed by atoms with Crippen LogP contribution in [0.2, 0.25) is 0 Å². The monoisotopic (exact) mass is 320 g/mol. The predicted molar refractivity (Wildman–Crippen MR) is 83.6 cm³/mol. The molecule has 0 aliphatic carbocycles. The van der Waals surface area contributed by atoms with Gasteiger partial charge in [0.1, 0.15) is 16.4 Å². The molecule has 1 unspecified atom stereocenters. The molecule has 0 saturated heterocycles. The molecular weight excluding hydrogens is 296 g/mol. The van der Waals surface area contributed by atoms with Gasteiger partial charge in [0.05, 0.1) is 6.54 Å². The largest absolute Gasteiger partial charge is 0.464 e. The first-order valence-electron chi connectivity index (χ1n) is 6.72. The molecule has 20 heavy (non-hydrogen) atoms. The van der Waals surface area contributed by atoms with Crippen molar-refractivity contribution in [3.8, 4) is 0 Å². The average molecular weight is 320 g/mol. The minimum absolute atomic E-state index is 0.0843. The zero-order chi connectivity index (χ0) is 15.2. The number of sulfonamides is 1. The van der Waals surface area contributed by atoms with Crippen LogP contribution in [0.1, 0.15) is 31.8 Å². The summed E-state index contributed by atoms with van der Waals surface area (Å²) in [6.45, 7) is 6.89. The van der Waals surface area contributed by atoms with Crippen LogP contribution >= 0.6 is 11.8 Å². The molecule has 0 bridgehead atoms. The predicted octanol–water partition coefficient (Wildman–Crippen LogP) is 2.12. The Bertz CT molecular complexity index is 512. The number of aryl methyl sites for hydroxylation is 1. The van der Waals surface area contributed by atoms with Crippen LogP contribution in [-0.2, 0) is 16.6 Å². The van der Waals surface area contributed by atoms with Gasteiger partial charge in [-0.2, -0.15) is 11.8 Å². The summed E-state index contributed by atoms with van der Waals surface area (Å²) < 4.78 is 32.8. The van der Waals surface area contributed by atoms with Gasteiger partial charge in [-0.15, -0.1) is 0 Å². The lowest BCUT2D eigenvalue weighted by atomic mass is 10.3. The van der Waals surface area contributed by atoms with Crippen molar-refractivity contribution < 1.29 is 12.8 Å². The molecule has 0 aliphatic heterocycles. The van der Waals surface area contributed by atoms with E-state index in [0.717, 1.165) is 18.7 Å². The Hall–Kier alpha value is -0.500. The molecule has 0 saturated carbocycles. The normalized spacial score (nSPS) is 13.6. The maximum atomic E-state index is 12.3. The molecule has 0 radical (unpaired) electrons. The molecule has 5 nitrogen and oxygen atoms in total. The second-order valence-electron chi connectivity index (χ2n) is 4.72. The van der Waals surface area contributed by atoms with Crippen LogP contribution in [0.25, 0.3) is 0 Å². The highest BCUT2D eigenvalue weighted by Crippen LogP contribution is 2.20. The van der Waals surface area contributed by atoms with Crippen molar-refractivity contribution in [2.75, 3.05) is 18.6 Å². The van der Waals surface area contributed by atoms with Crippen molar-refractivity contribution in [2.45, 2.75) is 44.7 Å². The molecule has 0 aromatic carbocycles. The van der Waals surface area contributed by atoms with Gasteiger partial charge in [0, 0.05) is 12.1 Å². The van der Waals surface area contributed by atoms with E-state index in [2.05, 4.69) is 10.0 Å². The fraction of sp³-hybridized carbons (Fsp3) is 0.692. The maximum absolute atomic E-state index is 12.3. The third kappa shape index (κ3) is 5.12. The van der Waals surface area contributed by atoms with Crippen LogP contribution < -0.4 is 10.0 Å². The zero-order valence-electron chi connectivity index (χ0n) is 12.5. The molecule has 0 spiro atoms. The number of rotatable bonds is 9. The standard InChI is InChI=1S/C13H24N2O3S2/c1-5-14-9-12-8-13(11(3)18-12)20(16,17)15-10(2)6-7-19-4/h8,10,14-15H,5-7,9H2,1-4H3. The van der Waals surface area contributed by atoms with Gasteiger partial charge >= 0.3 is 0 Å². The van der Waals surface area contributed by atoms with Crippen molar-refractivity contribution in [3.63, 3.8) is 0 Å². The highest BCUT2D eigenvalue weighted by molar-refractivity contribution is 7.98. The first-order chi connectivity index (χ1) is 9.40. The molecule has 0 aliphatic rings. The van der Waals surface area contributed by atoms with Gasteiger partial charge in [0.15, 0.2) is 0 Å². The lowest BCUT2D eigenvalue weighted by molar-refractivity contribution is 0.459. The van der Waals surface area contributed by atoms with Gasteiger partial charge in [-0.25, -0.2) is 13.1 Å². The van der Waals surface area contributed by atoms with E-state index in [0.29, 0.717) is 18.1 Å². The number of nitrogens with one attached hydrogen (secondary N) is 2. The highest BCUT2D eigenvalue weighted by Gasteiger charge is 2.23. The fourth-order valence-electron chi connectivity index (χ4n) is 1.81. The molecule has 7 heteroatoms. The molecular formula is C13H24N2O3S2. The summed E-state index contributed by atoms with van der Waals surface area (Å²) in [6, 6.07) is 1.51. The van der Waals surface area contributed by atoms with Crippen molar-refractivity contribution in [1.82, 2.24) is 10.0 Å². The van der Waals surface area contributed by atoms with Crippen molar-refractivity contribution in [2.24, 2.45) is 0 Å². The third-order valence-corrected chi connectivity index (χ3v) is 5.21. The lowest BCUT2D eigenvalue weighted by Crippen LogP contribution is -2.33. The van der Waals surface area contributed by atoms with Gasteiger partial charge in [-0.05, 0) is 38.8 Å². The minimum atomic E-state index is -3.51. The van der Waals surface area contributed by atoms with E-state index in [1.165, 1.54) is 0 Å². The number of hydrogen-bond donors (Lipinski definition) is 2. The van der Waals surface area contributed by atoms with Crippen LogP contribution in [0.4, 0.5) is 0 Å². The molecule has 1 aromatic rings. The summed E-state index contributed by atoms with van der Waals surface area (Å²) in [5, 5.41) is 3.11. The summed E-state index contributed by atoms with van der Waals surface area (Å²) in [7, 11) is -3.51. The van der Waals surface area contributed by atoms with Crippen LogP contribution in [0, 0.1) is 6.92 Å². The maximum Gasteiger partial charge on any atom is 0.244 e. The molecule has 0 fully saturated rings. The van der Waals surface area contributed by atoms with Crippen LogP contribution in [0.3, 0.4) is 0 Å². The molecule has 1 rings (SSSR count). The van der Waals surface area contributed by atoms with Gasteiger partial charge in [0.25, 0.3) is 0 Å². The smallest absolute Gasteiger partial charge is 0.244 e. The number of furan rings is 1. The van der Waals surface area contributed by atoms with Crippen LogP contribution in [-0.4, -0.2) is 33.0 Å². The Labute approximate surface area is 125 Å². The minimum Gasteiger partial charge on any atom is -0.464 e. The quantitative estimate of drug-likeness (QED) is 0.729. The van der Waals surface area contributed by atoms with Crippen molar-refractivity contribution >= 4 is 21.8 Å². The van der Waals surface area contributed by atoms with E-state index < -0.39 is 10.0 Å². The Morgan fingerprint density at radius 1 is 1.45 bits per heavy atom. The SMILES string of the molecule is CCNCc1cc(S(=O)(=O)NC(C)CCSC)c(C)o1. The molecule has 1 aromatic heterocycles. The Kier molecular flexibility index (Phi) is 7.08. The van der Waals surface area contributed by atoms with Crippen molar-refractivity contribution in [1.29, 1.82) is 0 Å².